The number of ether oxygens (including phenoxy) is 2. The van der Waals surface area contributed by atoms with E-state index in [9.17, 15) is 4.79 Å². The van der Waals surface area contributed by atoms with Crippen LogP contribution >= 0.6 is 11.8 Å². The first-order valence-electron chi connectivity index (χ1n) is 7.31. The standard InChI is InChI=1S/C17H17N3O3S/c1-11-4-5-15-18-16(19-17(21)20(15)9-11)24-10-12-6-13(22-2)8-14(7-12)23-3/h4-9H,10H2,1-3H3. The van der Waals surface area contributed by atoms with Crippen LogP contribution in [0.25, 0.3) is 5.65 Å². The van der Waals surface area contributed by atoms with Gasteiger partial charge in [-0.05, 0) is 36.2 Å². The molecule has 0 saturated carbocycles. The fourth-order valence-electron chi connectivity index (χ4n) is 2.26. The molecule has 0 unspecified atom stereocenters. The zero-order valence-corrected chi connectivity index (χ0v) is 14.5. The third-order valence-corrected chi connectivity index (χ3v) is 4.38. The number of rotatable bonds is 5. The second-order valence-electron chi connectivity index (χ2n) is 5.23. The van der Waals surface area contributed by atoms with Crippen LogP contribution in [-0.4, -0.2) is 28.6 Å². The Morgan fingerprint density at radius 3 is 2.46 bits per heavy atom. The summed E-state index contributed by atoms with van der Waals surface area (Å²) >= 11 is 1.40. The first kappa shape index (κ1) is 16.3. The number of aromatic nitrogens is 3. The summed E-state index contributed by atoms with van der Waals surface area (Å²) in [5, 5.41) is 0.450. The van der Waals surface area contributed by atoms with Crippen molar-refractivity contribution >= 4 is 17.4 Å². The highest BCUT2D eigenvalue weighted by Crippen LogP contribution is 2.26. The molecule has 0 radical (unpaired) electrons. The van der Waals surface area contributed by atoms with Crippen molar-refractivity contribution < 1.29 is 9.47 Å². The summed E-state index contributed by atoms with van der Waals surface area (Å²) in [6.45, 7) is 1.92. The Bertz CT molecular complexity index is 918. The fraction of sp³-hybridized carbons (Fsp3) is 0.235. The normalized spacial score (nSPS) is 10.8. The summed E-state index contributed by atoms with van der Waals surface area (Å²) in [4.78, 5) is 20.6. The molecule has 0 aliphatic carbocycles. The number of benzene rings is 1. The maximum atomic E-state index is 12.1. The number of hydrogen-bond acceptors (Lipinski definition) is 6. The van der Waals surface area contributed by atoms with E-state index >= 15 is 0 Å². The molecule has 1 aromatic carbocycles. The van der Waals surface area contributed by atoms with Crippen LogP contribution < -0.4 is 15.2 Å². The predicted octanol–water partition coefficient (Wildman–Crippen LogP) is 2.71. The van der Waals surface area contributed by atoms with E-state index in [2.05, 4.69) is 9.97 Å². The van der Waals surface area contributed by atoms with Crippen LogP contribution in [0.3, 0.4) is 0 Å². The molecule has 0 aliphatic rings. The van der Waals surface area contributed by atoms with Gasteiger partial charge in [-0.25, -0.2) is 9.78 Å². The zero-order chi connectivity index (χ0) is 17.1. The van der Waals surface area contributed by atoms with Gasteiger partial charge in [-0.15, -0.1) is 0 Å². The number of thioether (sulfide) groups is 1. The van der Waals surface area contributed by atoms with Crippen LogP contribution in [0.15, 0.2) is 46.5 Å². The second kappa shape index (κ2) is 6.92. The van der Waals surface area contributed by atoms with E-state index in [1.165, 1.54) is 16.2 Å². The van der Waals surface area contributed by atoms with Crippen LogP contribution in [0.1, 0.15) is 11.1 Å². The van der Waals surface area contributed by atoms with Gasteiger partial charge < -0.3 is 9.47 Å². The Hall–Kier alpha value is -2.54. The summed E-state index contributed by atoms with van der Waals surface area (Å²) < 4.78 is 12.0. The molecule has 0 amide bonds. The van der Waals surface area contributed by atoms with Crippen molar-refractivity contribution in [2.24, 2.45) is 0 Å². The fourth-order valence-corrected chi connectivity index (χ4v) is 3.03. The number of hydrogen-bond donors (Lipinski definition) is 0. The molecule has 0 bridgehead atoms. The smallest absolute Gasteiger partial charge is 0.355 e. The summed E-state index contributed by atoms with van der Waals surface area (Å²) in [6, 6.07) is 9.40. The molecule has 3 aromatic rings. The lowest BCUT2D eigenvalue weighted by Crippen LogP contribution is -2.19. The SMILES string of the molecule is COc1cc(CSc2nc(=O)n3cc(C)ccc3n2)cc(OC)c1. The Kier molecular flexibility index (Phi) is 4.71. The van der Waals surface area contributed by atoms with Crippen LogP contribution in [-0.2, 0) is 5.75 Å². The summed E-state index contributed by atoms with van der Waals surface area (Å²) in [6.07, 6.45) is 1.74. The van der Waals surface area contributed by atoms with E-state index in [0.717, 1.165) is 22.6 Å². The number of nitrogens with zero attached hydrogens (tertiary/aromatic N) is 3. The van der Waals surface area contributed by atoms with Gasteiger partial charge in [-0.1, -0.05) is 17.8 Å². The highest BCUT2D eigenvalue weighted by atomic mass is 32.2. The van der Waals surface area contributed by atoms with Gasteiger partial charge in [-0.2, -0.15) is 4.98 Å². The monoisotopic (exact) mass is 343 g/mol. The molecule has 7 heteroatoms. The van der Waals surface area contributed by atoms with Gasteiger partial charge in [0, 0.05) is 18.0 Å². The molecule has 124 valence electrons. The van der Waals surface area contributed by atoms with E-state index < -0.39 is 0 Å². The second-order valence-corrected chi connectivity index (χ2v) is 6.18. The number of pyridine rings is 1. The molecular formula is C17H17N3O3S. The van der Waals surface area contributed by atoms with E-state index in [0.29, 0.717) is 16.6 Å². The molecule has 0 spiro atoms. The third-order valence-electron chi connectivity index (χ3n) is 3.46. The Balaban J connectivity index is 1.86. The van der Waals surface area contributed by atoms with E-state index in [1.54, 1.807) is 20.4 Å². The van der Waals surface area contributed by atoms with Gasteiger partial charge in [0.25, 0.3) is 0 Å². The van der Waals surface area contributed by atoms with Crippen LogP contribution in [0, 0.1) is 6.92 Å². The van der Waals surface area contributed by atoms with Gasteiger partial charge in [0.15, 0.2) is 5.16 Å². The van der Waals surface area contributed by atoms with Crippen molar-refractivity contribution in [3.8, 4) is 11.5 Å². The number of methoxy groups -OCH3 is 2. The Morgan fingerprint density at radius 1 is 1.08 bits per heavy atom. The van der Waals surface area contributed by atoms with Crippen molar-refractivity contribution in [1.82, 2.24) is 14.4 Å². The lowest BCUT2D eigenvalue weighted by Gasteiger charge is -2.08. The zero-order valence-electron chi connectivity index (χ0n) is 13.6. The summed E-state index contributed by atoms with van der Waals surface area (Å²) in [7, 11) is 3.22. The Morgan fingerprint density at radius 2 is 1.79 bits per heavy atom. The minimum Gasteiger partial charge on any atom is -0.497 e. The molecular weight excluding hydrogens is 326 g/mol. The van der Waals surface area contributed by atoms with Crippen LogP contribution in [0.2, 0.25) is 0 Å². The third kappa shape index (κ3) is 3.51. The van der Waals surface area contributed by atoms with Crippen molar-refractivity contribution in [2.45, 2.75) is 17.8 Å². The lowest BCUT2D eigenvalue weighted by molar-refractivity contribution is 0.393. The minimum absolute atomic E-state index is 0.325. The topological polar surface area (TPSA) is 65.7 Å². The molecule has 6 nitrogen and oxygen atoms in total. The molecule has 0 atom stereocenters. The molecule has 2 heterocycles. The molecule has 24 heavy (non-hydrogen) atoms. The Labute approximate surface area is 143 Å². The van der Waals surface area contributed by atoms with Crippen molar-refractivity contribution in [3.63, 3.8) is 0 Å². The average Bonchev–Trinajstić information content (AvgIpc) is 2.60. The first-order valence-corrected chi connectivity index (χ1v) is 8.29. The van der Waals surface area contributed by atoms with E-state index in [-0.39, 0.29) is 5.69 Å². The quantitative estimate of drug-likeness (QED) is 0.664. The summed E-state index contributed by atoms with van der Waals surface area (Å²) in [5.74, 6) is 2.05. The van der Waals surface area contributed by atoms with Gasteiger partial charge in [-0.3, -0.25) is 4.40 Å². The van der Waals surface area contributed by atoms with Gasteiger partial charge in [0.1, 0.15) is 17.1 Å². The molecule has 3 rings (SSSR count). The van der Waals surface area contributed by atoms with E-state index in [1.807, 2.05) is 37.3 Å². The van der Waals surface area contributed by atoms with Gasteiger partial charge in [0.05, 0.1) is 14.2 Å². The van der Waals surface area contributed by atoms with Crippen LogP contribution in [0.5, 0.6) is 11.5 Å². The summed E-state index contributed by atoms with van der Waals surface area (Å²) in [5.41, 5.74) is 2.25. The molecule has 0 saturated heterocycles. The van der Waals surface area contributed by atoms with Crippen LogP contribution in [0.4, 0.5) is 0 Å². The average molecular weight is 343 g/mol. The van der Waals surface area contributed by atoms with Gasteiger partial charge >= 0.3 is 5.69 Å². The minimum atomic E-state index is -0.325. The van der Waals surface area contributed by atoms with Crippen molar-refractivity contribution in [1.29, 1.82) is 0 Å². The predicted molar refractivity (Wildman–Crippen MR) is 93.1 cm³/mol. The highest BCUT2D eigenvalue weighted by molar-refractivity contribution is 7.98. The maximum absolute atomic E-state index is 12.1. The largest absolute Gasteiger partial charge is 0.497 e. The molecule has 0 fully saturated rings. The molecule has 0 aliphatic heterocycles. The van der Waals surface area contributed by atoms with Crippen molar-refractivity contribution in [2.75, 3.05) is 14.2 Å². The molecule has 0 N–H and O–H groups in total. The highest BCUT2D eigenvalue weighted by Gasteiger charge is 2.07. The van der Waals surface area contributed by atoms with Gasteiger partial charge in [0.2, 0.25) is 0 Å². The van der Waals surface area contributed by atoms with E-state index in [4.69, 9.17) is 9.47 Å². The maximum Gasteiger partial charge on any atom is 0.355 e. The number of aryl methyl sites for hydroxylation is 1. The first-order chi connectivity index (χ1) is 11.6. The molecule has 2 aromatic heterocycles. The number of fused-ring (bicyclic) bond motifs is 1. The lowest BCUT2D eigenvalue weighted by atomic mass is 10.2. The van der Waals surface area contributed by atoms with Crippen molar-refractivity contribution in [3.05, 3.63) is 58.1 Å².